The Kier molecular flexibility index (Phi) is 7.77. The molecule has 3 unspecified atom stereocenters. The zero-order chi connectivity index (χ0) is 18.4. The van der Waals surface area contributed by atoms with E-state index in [4.69, 9.17) is 14.6 Å². The second-order valence-corrected chi connectivity index (χ2v) is 6.75. The fourth-order valence-corrected chi connectivity index (χ4v) is 3.22. The van der Waals surface area contributed by atoms with Crippen molar-refractivity contribution in [3.8, 4) is 0 Å². The van der Waals surface area contributed by atoms with Crippen LogP contribution in [0, 0.1) is 5.92 Å². The summed E-state index contributed by atoms with van der Waals surface area (Å²) in [4.78, 5) is 11.5. The van der Waals surface area contributed by atoms with Gasteiger partial charge in [-0.25, -0.2) is 4.39 Å². The largest absolute Gasteiger partial charge is 0.396 e. The van der Waals surface area contributed by atoms with Crippen LogP contribution < -0.4 is 5.32 Å². The van der Waals surface area contributed by atoms with Crippen molar-refractivity contribution in [2.24, 2.45) is 5.92 Å². The molecule has 0 radical (unpaired) electrons. The average molecular weight is 361 g/mol. The SMILES string of the molecule is C/C(=C\C(=O)NCCF)C[C@@H]1OC[C@H](C[C@@H]2OC2CCO)C(O)C1O. The number of carbonyl (C=O) groups excluding carboxylic acids is 1. The fourth-order valence-electron chi connectivity index (χ4n) is 3.22. The first-order valence-electron chi connectivity index (χ1n) is 8.71. The number of amides is 1. The molecule has 2 heterocycles. The first-order valence-corrected chi connectivity index (χ1v) is 8.71. The molecule has 0 spiro atoms. The summed E-state index contributed by atoms with van der Waals surface area (Å²) < 4.78 is 23.1. The highest BCUT2D eigenvalue weighted by atomic mass is 19.1. The lowest BCUT2D eigenvalue weighted by Gasteiger charge is -2.37. The van der Waals surface area contributed by atoms with Crippen LogP contribution in [0.25, 0.3) is 0 Å². The number of aliphatic hydroxyl groups excluding tert-OH is 3. The van der Waals surface area contributed by atoms with E-state index >= 15 is 0 Å². The van der Waals surface area contributed by atoms with Gasteiger partial charge in [-0.3, -0.25) is 4.79 Å². The third kappa shape index (κ3) is 6.00. The van der Waals surface area contributed by atoms with Gasteiger partial charge in [-0.05, 0) is 26.2 Å². The Balaban J connectivity index is 1.79. The van der Waals surface area contributed by atoms with Gasteiger partial charge in [0, 0.05) is 25.1 Å². The summed E-state index contributed by atoms with van der Waals surface area (Å²) in [6.07, 6.45) is 0.272. The van der Waals surface area contributed by atoms with Gasteiger partial charge in [-0.1, -0.05) is 5.57 Å². The van der Waals surface area contributed by atoms with E-state index in [1.54, 1.807) is 6.92 Å². The van der Waals surface area contributed by atoms with E-state index in [1.807, 2.05) is 0 Å². The van der Waals surface area contributed by atoms with Crippen molar-refractivity contribution in [2.45, 2.75) is 56.7 Å². The molecule has 2 rings (SSSR count). The molecule has 144 valence electrons. The van der Waals surface area contributed by atoms with Gasteiger partial charge in [0.05, 0.1) is 31.0 Å². The number of aliphatic hydroxyl groups is 3. The summed E-state index contributed by atoms with van der Waals surface area (Å²) in [7, 11) is 0. The summed E-state index contributed by atoms with van der Waals surface area (Å²) in [5.74, 6) is -0.614. The molecule has 2 aliphatic heterocycles. The summed E-state index contributed by atoms with van der Waals surface area (Å²) in [5.41, 5.74) is 0.680. The lowest BCUT2D eigenvalue weighted by Crippen LogP contribution is -2.50. The summed E-state index contributed by atoms with van der Waals surface area (Å²) in [6, 6.07) is 0. The van der Waals surface area contributed by atoms with E-state index in [0.29, 0.717) is 31.4 Å². The van der Waals surface area contributed by atoms with Crippen molar-refractivity contribution in [1.82, 2.24) is 5.32 Å². The molecule has 1 amide bonds. The summed E-state index contributed by atoms with van der Waals surface area (Å²) in [6.45, 7) is 1.43. The normalized spacial score (nSPS) is 35.5. The minimum atomic E-state index is -1.05. The lowest BCUT2D eigenvalue weighted by atomic mass is 9.86. The van der Waals surface area contributed by atoms with E-state index in [-0.39, 0.29) is 37.2 Å². The molecular formula is C17H28FNO6. The minimum absolute atomic E-state index is 0.0000164. The zero-order valence-electron chi connectivity index (χ0n) is 14.4. The molecule has 0 saturated carbocycles. The highest BCUT2D eigenvalue weighted by molar-refractivity contribution is 5.88. The number of epoxide rings is 1. The molecule has 7 nitrogen and oxygen atoms in total. The van der Waals surface area contributed by atoms with E-state index in [9.17, 15) is 19.4 Å². The van der Waals surface area contributed by atoms with E-state index in [0.717, 1.165) is 0 Å². The Hall–Kier alpha value is -1.06. The molecule has 2 fully saturated rings. The number of nitrogens with one attached hydrogen (secondary N) is 1. The number of halogens is 1. The maximum absolute atomic E-state index is 12.0. The maximum Gasteiger partial charge on any atom is 0.244 e. The van der Waals surface area contributed by atoms with Gasteiger partial charge < -0.3 is 30.1 Å². The molecule has 0 aliphatic carbocycles. The van der Waals surface area contributed by atoms with Crippen molar-refractivity contribution < 1.29 is 34.0 Å². The first kappa shape index (κ1) is 20.3. The third-order valence-corrected chi connectivity index (χ3v) is 4.67. The number of hydrogen-bond acceptors (Lipinski definition) is 6. The van der Waals surface area contributed by atoms with E-state index < -0.39 is 25.0 Å². The van der Waals surface area contributed by atoms with Gasteiger partial charge in [0.2, 0.25) is 5.91 Å². The van der Waals surface area contributed by atoms with Crippen LogP contribution in [0.1, 0.15) is 26.2 Å². The second-order valence-electron chi connectivity index (χ2n) is 6.75. The maximum atomic E-state index is 12.0. The molecule has 0 aromatic heterocycles. The Morgan fingerprint density at radius 3 is 2.72 bits per heavy atom. The molecule has 0 bridgehead atoms. The second kappa shape index (κ2) is 9.59. The van der Waals surface area contributed by atoms with E-state index in [2.05, 4.69) is 5.32 Å². The predicted molar refractivity (Wildman–Crippen MR) is 87.6 cm³/mol. The van der Waals surface area contributed by atoms with Crippen LogP contribution in [0.4, 0.5) is 4.39 Å². The number of ether oxygens (including phenoxy) is 2. The van der Waals surface area contributed by atoms with Crippen molar-refractivity contribution >= 4 is 5.91 Å². The van der Waals surface area contributed by atoms with Crippen LogP contribution in [-0.4, -0.2) is 78.2 Å². The number of hydrogen-bond donors (Lipinski definition) is 4. The topological polar surface area (TPSA) is 112 Å². The molecule has 6 atom stereocenters. The van der Waals surface area contributed by atoms with Crippen molar-refractivity contribution in [1.29, 1.82) is 0 Å². The zero-order valence-corrected chi connectivity index (χ0v) is 14.4. The van der Waals surface area contributed by atoms with Gasteiger partial charge in [0.15, 0.2) is 0 Å². The van der Waals surface area contributed by atoms with Crippen LogP contribution in [-0.2, 0) is 14.3 Å². The number of rotatable bonds is 9. The first-order chi connectivity index (χ1) is 12.0. The van der Waals surface area contributed by atoms with E-state index in [1.165, 1.54) is 6.08 Å². The number of alkyl halides is 1. The van der Waals surface area contributed by atoms with Crippen molar-refractivity contribution in [3.63, 3.8) is 0 Å². The molecule has 0 aromatic carbocycles. The van der Waals surface area contributed by atoms with Crippen LogP contribution >= 0.6 is 0 Å². The smallest absolute Gasteiger partial charge is 0.244 e. The summed E-state index contributed by atoms with van der Waals surface area (Å²) in [5, 5.41) is 31.9. The Bertz CT molecular complexity index is 474. The van der Waals surface area contributed by atoms with Crippen LogP contribution in [0.5, 0.6) is 0 Å². The average Bonchev–Trinajstić information content (AvgIpc) is 3.30. The molecule has 4 N–H and O–H groups in total. The lowest BCUT2D eigenvalue weighted by molar-refractivity contribution is -0.165. The van der Waals surface area contributed by atoms with Gasteiger partial charge in [-0.2, -0.15) is 0 Å². The standard InChI is InChI=1S/C17H28FNO6/c1-10(7-15(21)19-4-3-18)6-14-17(23)16(22)11(9-24-14)8-13-12(25-13)2-5-20/h7,11-14,16-17,20,22-23H,2-6,8-9H2,1H3,(H,19,21)/b10-7+/t11-,12?,13-,14-,16?,17?/m0/s1. The van der Waals surface area contributed by atoms with Crippen molar-refractivity contribution in [2.75, 3.05) is 26.4 Å². The van der Waals surface area contributed by atoms with Gasteiger partial charge in [0.25, 0.3) is 0 Å². The van der Waals surface area contributed by atoms with Crippen molar-refractivity contribution in [3.05, 3.63) is 11.6 Å². The Labute approximate surface area is 146 Å². The quantitative estimate of drug-likeness (QED) is 0.331. The molecule has 2 saturated heterocycles. The Morgan fingerprint density at radius 1 is 1.28 bits per heavy atom. The molecule has 25 heavy (non-hydrogen) atoms. The van der Waals surface area contributed by atoms with Crippen LogP contribution in [0.3, 0.4) is 0 Å². The molecule has 0 aromatic rings. The van der Waals surface area contributed by atoms with Gasteiger partial charge in [-0.15, -0.1) is 0 Å². The molecule has 2 aliphatic rings. The van der Waals surface area contributed by atoms with Crippen LogP contribution in [0.2, 0.25) is 0 Å². The molecular weight excluding hydrogens is 333 g/mol. The number of carbonyl (C=O) groups is 1. The predicted octanol–water partition coefficient (Wildman–Crippen LogP) is -0.315. The summed E-state index contributed by atoms with van der Waals surface area (Å²) >= 11 is 0. The highest BCUT2D eigenvalue weighted by Gasteiger charge is 2.45. The van der Waals surface area contributed by atoms with Gasteiger partial charge in [0.1, 0.15) is 12.8 Å². The molecule has 8 heteroatoms. The Morgan fingerprint density at radius 2 is 2.04 bits per heavy atom. The monoisotopic (exact) mass is 361 g/mol. The van der Waals surface area contributed by atoms with Gasteiger partial charge >= 0.3 is 0 Å². The van der Waals surface area contributed by atoms with Crippen LogP contribution in [0.15, 0.2) is 11.6 Å². The fraction of sp³-hybridized carbons (Fsp3) is 0.824. The third-order valence-electron chi connectivity index (χ3n) is 4.67. The minimum Gasteiger partial charge on any atom is -0.396 e. The highest BCUT2D eigenvalue weighted by Crippen LogP contribution is 2.35.